The summed E-state index contributed by atoms with van der Waals surface area (Å²) < 4.78 is 5.18. The molecule has 0 bridgehead atoms. The fourth-order valence-electron chi connectivity index (χ4n) is 2.35. The van der Waals surface area contributed by atoms with Gasteiger partial charge in [-0.05, 0) is 53.0 Å². The van der Waals surface area contributed by atoms with Crippen LogP contribution in [0.3, 0.4) is 0 Å². The van der Waals surface area contributed by atoms with Gasteiger partial charge in [-0.3, -0.25) is 4.79 Å². The number of Topliss-reactive ketones (excluding diaryl/α,β-unsaturated/α-hetero) is 1. The van der Waals surface area contributed by atoms with Crippen LogP contribution in [0.15, 0.2) is 29.4 Å². The number of hydrogen-bond donors (Lipinski definition) is 2. The standard InChI is InChI=1S/C19H26O4/c1-12(2)7-6-8-13(3)9-10-15-18(22)16(14(4)20)11-17(21)19(15)23-5/h7,9,11,21-22H,6,8,10H2,1-5H3. The van der Waals surface area contributed by atoms with Gasteiger partial charge in [0.2, 0.25) is 0 Å². The number of ether oxygens (including phenoxy) is 1. The number of allylic oxidation sites excluding steroid dienone is 4. The van der Waals surface area contributed by atoms with Crippen LogP contribution in [0.4, 0.5) is 0 Å². The molecule has 0 unspecified atom stereocenters. The SMILES string of the molecule is COc1c(O)cc(C(C)=O)c(O)c1CC=C(C)CCC=C(C)C. The van der Waals surface area contributed by atoms with Crippen molar-refractivity contribution in [3.05, 3.63) is 40.5 Å². The molecule has 2 N–H and O–H groups in total. The van der Waals surface area contributed by atoms with Crippen LogP contribution < -0.4 is 4.74 Å². The monoisotopic (exact) mass is 318 g/mol. The predicted molar refractivity (Wildman–Crippen MR) is 92.5 cm³/mol. The Morgan fingerprint density at radius 3 is 2.35 bits per heavy atom. The Kier molecular flexibility index (Phi) is 6.89. The summed E-state index contributed by atoms with van der Waals surface area (Å²) in [5.74, 6) is -0.353. The largest absolute Gasteiger partial charge is 0.507 e. The summed E-state index contributed by atoms with van der Waals surface area (Å²) in [5, 5.41) is 20.3. The van der Waals surface area contributed by atoms with E-state index in [4.69, 9.17) is 4.74 Å². The maximum Gasteiger partial charge on any atom is 0.167 e. The van der Waals surface area contributed by atoms with Crippen molar-refractivity contribution in [1.29, 1.82) is 0 Å². The molecule has 126 valence electrons. The highest BCUT2D eigenvalue weighted by Gasteiger charge is 2.19. The lowest BCUT2D eigenvalue weighted by Gasteiger charge is -2.14. The summed E-state index contributed by atoms with van der Waals surface area (Å²) in [6.45, 7) is 7.51. The van der Waals surface area contributed by atoms with Gasteiger partial charge in [0, 0.05) is 5.56 Å². The van der Waals surface area contributed by atoms with Crippen molar-refractivity contribution in [2.45, 2.75) is 47.0 Å². The Morgan fingerprint density at radius 1 is 1.17 bits per heavy atom. The Morgan fingerprint density at radius 2 is 1.83 bits per heavy atom. The second-order valence-corrected chi connectivity index (χ2v) is 5.93. The molecule has 1 aromatic carbocycles. The van der Waals surface area contributed by atoms with E-state index in [0.717, 1.165) is 12.8 Å². The molecule has 0 amide bonds. The molecule has 23 heavy (non-hydrogen) atoms. The van der Waals surface area contributed by atoms with Crippen molar-refractivity contribution >= 4 is 5.78 Å². The van der Waals surface area contributed by atoms with E-state index >= 15 is 0 Å². The fourth-order valence-corrected chi connectivity index (χ4v) is 2.35. The molecule has 0 radical (unpaired) electrons. The number of aromatic hydroxyl groups is 2. The van der Waals surface area contributed by atoms with Crippen molar-refractivity contribution in [2.24, 2.45) is 0 Å². The van der Waals surface area contributed by atoms with Crippen LogP contribution in [-0.4, -0.2) is 23.1 Å². The topological polar surface area (TPSA) is 66.8 Å². The van der Waals surface area contributed by atoms with Crippen LogP contribution in [0, 0.1) is 0 Å². The third-order valence-corrected chi connectivity index (χ3v) is 3.66. The Bertz CT molecular complexity index is 635. The van der Waals surface area contributed by atoms with E-state index in [1.165, 1.54) is 31.2 Å². The van der Waals surface area contributed by atoms with Crippen LogP contribution in [0.5, 0.6) is 17.2 Å². The van der Waals surface area contributed by atoms with Gasteiger partial charge in [-0.15, -0.1) is 0 Å². The average Bonchev–Trinajstić information content (AvgIpc) is 2.46. The normalized spacial score (nSPS) is 11.3. The molecule has 0 aliphatic rings. The minimum Gasteiger partial charge on any atom is -0.507 e. The highest BCUT2D eigenvalue weighted by Crippen LogP contribution is 2.40. The van der Waals surface area contributed by atoms with Gasteiger partial charge in [0.05, 0.1) is 12.7 Å². The Hall–Kier alpha value is -2.23. The second-order valence-electron chi connectivity index (χ2n) is 5.93. The highest BCUT2D eigenvalue weighted by atomic mass is 16.5. The smallest absolute Gasteiger partial charge is 0.167 e. The summed E-state index contributed by atoms with van der Waals surface area (Å²) in [6, 6.07) is 1.24. The first kappa shape index (κ1) is 18.8. The van der Waals surface area contributed by atoms with Crippen LogP contribution >= 0.6 is 0 Å². The van der Waals surface area contributed by atoms with E-state index < -0.39 is 0 Å². The van der Waals surface area contributed by atoms with E-state index in [2.05, 4.69) is 19.9 Å². The summed E-state index contributed by atoms with van der Waals surface area (Å²) >= 11 is 0. The molecule has 4 nitrogen and oxygen atoms in total. The van der Waals surface area contributed by atoms with Crippen molar-refractivity contribution in [3.63, 3.8) is 0 Å². The number of phenols is 2. The van der Waals surface area contributed by atoms with Gasteiger partial charge in [-0.1, -0.05) is 23.3 Å². The zero-order valence-electron chi connectivity index (χ0n) is 14.6. The molecule has 0 spiro atoms. The third-order valence-electron chi connectivity index (χ3n) is 3.66. The van der Waals surface area contributed by atoms with Gasteiger partial charge >= 0.3 is 0 Å². The molecule has 0 heterocycles. The van der Waals surface area contributed by atoms with Gasteiger partial charge in [0.1, 0.15) is 5.75 Å². The van der Waals surface area contributed by atoms with E-state index in [1.54, 1.807) is 0 Å². The van der Waals surface area contributed by atoms with Crippen LogP contribution in [0.2, 0.25) is 0 Å². The zero-order chi connectivity index (χ0) is 17.6. The van der Waals surface area contributed by atoms with Crippen molar-refractivity contribution < 1.29 is 19.7 Å². The molecule has 0 fully saturated rings. The van der Waals surface area contributed by atoms with Crippen LogP contribution in [0.1, 0.15) is 56.5 Å². The predicted octanol–water partition coefficient (Wildman–Crippen LogP) is 4.54. The number of hydrogen-bond acceptors (Lipinski definition) is 4. The quantitative estimate of drug-likeness (QED) is 0.440. The molecule has 0 saturated heterocycles. The first-order chi connectivity index (χ1) is 10.8. The van der Waals surface area contributed by atoms with Crippen molar-refractivity contribution in [1.82, 2.24) is 0 Å². The van der Waals surface area contributed by atoms with Gasteiger partial charge in [-0.2, -0.15) is 0 Å². The second kappa shape index (κ2) is 8.42. The molecule has 0 aromatic heterocycles. The lowest BCUT2D eigenvalue weighted by Crippen LogP contribution is -2.00. The van der Waals surface area contributed by atoms with Crippen molar-refractivity contribution in [3.8, 4) is 17.2 Å². The van der Waals surface area contributed by atoms with Gasteiger partial charge in [0.15, 0.2) is 17.3 Å². The lowest BCUT2D eigenvalue weighted by molar-refractivity contribution is 0.101. The summed E-state index contributed by atoms with van der Waals surface area (Å²) in [4.78, 5) is 11.6. The number of methoxy groups -OCH3 is 1. The Balaban J connectivity index is 3.07. The van der Waals surface area contributed by atoms with E-state index in [0.29, 0.717) is 12.0 Å². The first-order valence-electron chi connectivity index (χ1n) is 7.69. The number of carbonyl (C=O) groups excluding carboxylic acids is 1. The molecular weight excluding hydrogens is 292 g/mol. The number of ketones is 1. The lowest BCUT2D eigenvalue weighted by atomic mass is 9.99. The Labute approximate surface area is 138 Å². The number of carbonyl (C=O) groups is 1. The first-order valence-corrected chi connectivity index (χ1v) is 7.69. The molecule has 0 atom stereocenters. The summed E-state index contributed by atoms with van der Waals surface area (Å²) in [5.41, 5.74) is 3.00. The van der Waals surface area contributed by atoms with E-state index in [1.807, 2.05) is 13.0 Å². The van der Waals surface area contributed by atoms with Crippen LogP contribution in [-0.2, 0) is 6.42 Å². The maximum absolute atomic E-state index is 11.6. The highest BCUT2D eigenvalue weighted by molar-refractivity contribution is 5.98. The van der Waals surface area contributed by atoms with Crippen molar-refractivity contribution in [2.75, 3.05) is 7.11 Å². The number of benzene rings is 1. The number of rotatable bonds is 7. The average molecular weight is 318 g/mol. The minimum atomic E-state index is -0.300. The zero-order valence-corrected chi connectivity index (χ0v) is 14.6. The van der Waals surface area contributed by atoms with Gasteiger partial charge in [-0.25, -0.2) is 0 Å². The van der Waals surface area contributed by atoms with Gasteiger partial charge in [0.25, 0.3) is 0 Å². The maximum atomic E-state index is 11.6. The molecular formula is C19H26O4. The molecule has 0 aliphatic carbocycles. The summed E-state index contributed by atoms with van der Waals surface area (Å²) in [6.07, 6.45) is 6.45. The van der Waals surface area contributed by atoms with Crippen LogP contribution in [0.25, 0.3) is 0 Å². The molecule has 4 heteroatoms. The van der Waals surface area contributed by atoms with E-state index in [9.17, 15) is 15.0 Å². The van der Waals surface area contributed by atoms with E-state index in [-0.39, 0.29) is 28.6 Å². The number of phenolic OH excluding ortho intramolecular Hbond substituents is 2. The molecule has 1 aromatic rings. The third kappa shape index (κ3) is 5.16. The van der Waals surface area contributed by atoms with Gasteiger partial charge < -0.3 is 14.9 Å². The fraction of sp³-hybridized carbons (Fsp3) is 0.421. The molecule has 1 rings (SSSR count). The molecule has 0 aliphatic heterocycles. The molecule has 0 saturated carbocycles. The summed E-state index contributed by atoms with van der Waals surface area (Å²) in [7, 11) is 1.43. The minimum absolute atomic E-state index is 0.105.